The van der Waals surface area contributed by atoms with Crippen molar-refractivity contribution in [1.82, 2.24) is 0 Å². The van der Waals surface area contributed by atoms with Crippen LogP contribution in [0, 0.1) is 6.92 Å². The maximum Gasteiger partial charge on any atom is 0.238 e. The Kier molecular flexibility index (Phi) is 3.56. The lowest BCUT2D eigenvalue weighted by atomic mass is 9.86. The highest BCUT2D eigenvalue weighted by molar-refractivity contribution is 7.91. The number of likely N-dealkylation sites (N-methyl/N-ethyl adjacent to an activating group) is 1. The Morgan fingerprint density at radius 1 is 1.04 bits per heavy atom. The second-order valence-electron chi connectivity index (χ2n) is 6.29. The molecule has 3 rings (SSSR count). The van der Waals surface area contributed by atoms with E-state index in [-0.39, 0.29) is 16.6 Å². The highest BCUT2D eigenvalue weighted by atomic mass is 32.2. The van der Waals surface area contributed by atoms with Crippen molar-refractivity contribution in [2.45, 2.75) is 24.2 Å². The van der Waals surface area contributed by atoms with E-state index in [1.807, 2.05) is 31.2 Å². The molecule has 1 unspecified atom stereocenters. The molecule has 0 radical (unpaired) electrons. The van der Waals surface area contributed by atoms with Crippen molar-refractivity contribution < 1.29 is 13.2 Å². The van der Waals surface area contributed by atoms with Crippen LogP contribution in [0.4, 0.5) is 5.69 Å². The van der Waals surface area contributed by atoms with Crippen LogP contribution in [-0.2, 0) is 20.0 Å². The molecule has 1 aliphatic heterocycles. The number of benzene rings is 2. The van der Waals surface area contributed by atoms with Crippen LogP contribution in [0.1, 0.15) is 18.1 Å². The Bertz CT molecular complexity index is 871. The third kappa shape index (κ3) is 2.45. The highest BCUT2D eigenvalue weighted by Crippen LogP contribution is 2.42. The number of hydrogen-bond acceptors (Lipinski definition) is 3. The minimum atomic E-state index is -3.57. The largest absolute Gasteiger partial charge is 0.314 e. The number of hydrogen-bond donors (Lipinski definition) is 0. The molecule has 5 heteroatoms. The summed E-state index contributed by atoms with van der Waals surface area (Å²) in [5.41, 5.74) is 1.48. The zero-order chi connectivity index (χ0) is 16.8. The summed E-state index contributed by atoms with van der Waals surface area (Å²) in [7, 11) is -1.88. The van der Waals surface area contributed by atoms with E-state index in [0.717, 1.165) is 16.8 Å². The number of aryl methyl sites for hydroxylation is 1. The van der Waals surface area contributed by atoms with E-state index in [4.69, 9.17) is 0 Å². The Labute approximate surface area is 136 Å². The Morgan fingerprint density at radius 3 is 2.30 bits per heavy atom. The first-order valence-electron chi connectivity index (χ1n) is 7.43. The van der Waals surface area contributed by atoms with E-state index < -0.39 is 15.3 Å². The smallest absolute Gasteiger partial charge is 0.238 e. The lowest BCUT2D eigenvalue weighted by Gasteiger charge is -2.23. The number of nitrogens with zero attached hydrogens (tertiary/aromatic N) is 1. The van der Waals surface area contributed by atoms with E-state index >= 15 is 0 Å². The molecule has 2 aromatic carbocycles. The molecular weight excluding hydrogens is 310 g/mol. The van der Waals surface area contributed by atoms with Gasteiger partial charge in [0.15, 0.2) is 9.84 Å². The molecule has 4 nitrogen and oxygen atoms in total. The number of anilines is 1. The van der Waals surface area contributed by atoms with Crippen LogP contribution < -0.4 is 4.90 Å². The van der Waals surface area contributed by atoms with E-state index in [1.54, 1.807) is 43.1 Å². The predicted molar refractivity (Wildman–Crippen MR) is 90.4 cm³/mol. The zero-order valence-corrected chi connectivity index (χ0v) is 14.2. The van der Waals surface area contributed by atoms with Crippen LogP contribution in [-0.4, -0.2) is 27.1 Å². The van der Waals surface area contributed by atoms with Crippen molar-refractivity contribution >= 4 is 21.4 Å². The molecule has 0 saturated carbocycles. The molecule has 0 spiro atoms. The van der Waals surface area contributed by atoms with Gasteiger partial charge in [-0.3, -0.25) is 4.79 Å². The lowest BCUT2D eigenvalue weighted by molar-refractivity contribution is -0.121. The first-order valence-corrected chi connectivity index (χ1v) is 9.08. The van der Waals surface area contributed by atoms with E-state index in [2.05, 4.69) is 0 Å². The molecule has 1 aliphatic rings. The molecule has 1 heterocycles. The molecule has 0 bridgehead atoms. The first-order chi connectivity index (χ1) is 10.8. The number of rotatable bonds is 3. The second kappa shape index (κ2) is 5.20. The monoisotopic (exact) mass is 329 g/mol. The third-order valence-electron chi connectivity index (χ3n) is 4.50. The van der Waals surface area contributed by atoms with E-state index in [0.29, 0.717) is 0 Å². The van der Waals surface area contributed by atoms with Crippen molar-refractivity contribution in [2.75, 3.05) is 17.7 Å². The molecule has 0 saturated heterocycles. The zero-order valence-electron chi connectivity index (χ0n) is 13.4. The molecule has 1 amide bonds. The van der Waals surface area contributed by atoms with Gasteiger partial charge in [-0.1, -0.05) is 35.9 Å². The summed E-state index contributed by atoms with van der Waals surface area (Å²) >= 11 is 0. The van der Waals surface area contributed by atoms with Crippen LogP contribution in [0.25, 0.3) is 0 Å². The number of sulfone groups is 1. The van der Waals surface area contributed by atoms with Crippen molar-refractivity contribution in [1.29, 1.82) is 0 Å². The van der Waals surface area contributed by atoms with Crippen LogP contribution in [0.15, 0.2) is 53.4 Å². The fraction of sp³-hybridized carbons (Fsp3) is 0.278. The lowest BCUT2D eigenvalue weighted by Crippen LogP contribution is -2.41. The molecule has 0 N–H and O–H groups in total. The SMILES string of the molecule is Cc1ccc(S(=O)(=O)CC2(C)C(=O)N(C)c3ccccc32)cc1. The van der Waals surface area contributed by atoms with Crippen molar-refractivity contribution in [3.05, 3.63) is 59.7 Å². The molecule has 0 aliphatic carbocycles. The standard InChI is InChI=1S/C18H19NO3S/c1-13-8-10-14(11-9-13)23(21,22)12-18(2)15-6-4-5-7-16(15)19(3)17(18)20/h4-11H,12H2,1-3H3. The molecule has 0 aromatic heterocycles. The van der Waals surface area contributed by atoms with Gasteiger partial charge in [0.05, 0.1) is 16.1 Å². The summed E-state index contributed by atoms with van der Waals surface area (Å²) < 4.78 is 25.6. The number of fused-ring (bicyclic) bond motifs is 1. The van der Waals surface area contributed by atoms with Gasteiger partial charge >= 0.3 is 0 Å². The second-order valence-corrected chi connectivity index (χ2v) is 8.28. The summed E-state index contributed by atoms with van der Waals surface area (Å²) in [4.78, 5) is 14.5. The molecule has 1 atom stereocenters. The summed E-state index contributed by atoms with van der Waals surface area (Å²) in [6, 6.07) is 14.1. The van der Waals surface area contributed by atoms with Crippen LogP contribution in [0.5, 0.6) is 0 Å². The maximum absolute atomic E-state index is 12.8. The topological polar surface area (TPSA) is 54.5 Å². The summed E-state index contributed by atoms with van der Waals surface area (Å²) in [6.07, 6.45) is 0. The van der Waals surface area contributed by atoms with Gasteiger partial charge < -0.3 is 4.90 Å². The summed E-state index contributed by atoms with van der Waals surface area (Å²) in [6.45, 7) is 3.62. The van der Waals surface area contributed by atoms with Crippen molar-refractivity contribution in [3.63, 3.8) is 0 Å². The van der Waals surface area contributed by atoms with Gasteiger partial charge in [0.2, 0.25) is 5.91 Å². The average Bonchev–Trinajstić information content (AvgIpc) is 2.70. The molecule has 23 heavy (non-hydrogen) atoms. The summed E-state index contributed by atoms with van der Waals surface area (Å²) in [5.74, 6) is -0.419. The van der Waals surface area contributed by atoms with E-state index in [1.165, 1.54) is 0 Å². The average molecular weight is 329 g/mol. The number of amides is 1. The normalized spacial score (nSPS) is 20.7. The van der Waals surface area contributed by atoms with Crippen LogP contribution >= 0.6 is 0 Å². The predicted octanol–water partition coefficient (Wildman–Crippen LogP) is 2.70. The first kappa shape index (κ1) is 15.7. The van der Waals surface area contributed by atoms with Gasteiger partial charge in [0.1, 0.15) is 0 Å². The van der Waals surface area contributed by atoms with Gasteiger partial charge in [-0.05, 0) is 37.6 Å². The fourth-order valence-electron chi connectivity index (χ4n) is 3.18. The van der Waals surface area contributed by atoms with Crippen LogP contribution in [0.2, 0.25) is 0 Å². The van der Waals surface area contributed by atoms with Gasteiger partial charge in [0, 0.05) is 12.7 Å². The van der Waals surface area contributed by atoms with Gasteiger partial charge in [-0.25, -0.2) is 8.42 Å². The molecule has 0 fully saturated rings. The van der Waals surface area contributed by atoms with E-state index in [9.17, 15) is 13.2 Å². The quantitative estimate of drug-likeness (QED) is 0.870. The van der Waals surface area contributed by atoms with Gasteiger partial charge in [-0.2, -0.15) is 0 Å². The minimum Gasteiger partial charge on any atom is -0.314 e. The minimum absolute atomic E-state index is 0.186. The Morgan fingerprint density at radius 2 is 1.65 bits per heavy atom. The highest BCUT2D eigenvalue weighted by Gasteiger charge is 2.48. The third-order valence-corrected chi connectivity index (χ3v) is 6.44. The molecule has 2 aromatic rings. The Hall–Kier alpha value is -2.14. The Balaban J connectivity index is 2.05. The number of carbonyl (C=O) groups excluding carboxylic acids is 1. The molecular formula is C18H19NO3S. The summed E-state index contributed by atoms with van der Waals surface area (Å²) in [5, 5.41) is 0. The van der Waals surface area contributed by atoms with Gasteiger partial charge in [0.25, 0.3) is 0 Å². The number of para-hydroxylation sites is 1. The fourth-order valence-corrected chi connectivity index (χ4v) is 4.93. The maximum atomic E-state index is 12.8. The van der Waals surface area contributed by atoms with Crippen molar-refractivity contribution in [2.24, 2.45) is 0 Å². The number of carbonyl (C=O) groups is 1. The molecule has 120 valence electrons. The van der Waals surface area contributed by atoms with Crippen molar-refractivity contribution in [3.8, 4) is 0 Å². The van der Waals surface area contributed by atoms with Crippen LogP contribution in [0.3, 0.4) is 0 Å². The van der Waals surface area contributed by atoms with Gasteiger partial charge in [-0.15, -0.1) is 0 Å².